The summed E-state index contributed by atoms with van der Waals surface area (Å²) >= 11 is 15.0. The Bertz CT molecular complexity index is 1460. The van der Waals surface area contributed by atoms with Crippen LogP contribution in [-0.4, -0.2) is 35.1 Å². The number of carbonyl (C=O) groups excluding carboxylic acids is 2. The molecule has 0 aromatic heterocycles. The molecule has 0 bridgehead atoms. The summed E-state index contributed by atoms with van der Waals surface area (Å²) in [6.45, 7) is 0.243. The largest absolute Gasteiger partial charge is 0.493 e. The lowest BCUT2D eigenvalue weighted by Crippen LogP contribution is -2.54. The SMILES string of the molecule is COc1cc(C=C2C(=O)NC(=S)N(c3cccc(C(=O)O)c3)C2=O)cc(Cl)c1OCc1ccc(Br)cc1. The molecule has 8 nitrogen and oxygen atoms in total. The lowest BCUT2D eigenvalue weighted by atomic mass is 10.1. The van der Waals surface area contributed by atoms with Gasteiger partial charge < -0.3 is 14.6 Å². The van der Waals surface area contributed by atoms with Gasteiger partial charge in [0.25, 0.3) is 11.8 Å². The van der Waals surface area contributed by atoms with Gasteiger partial charge >= 0.3 is 5.97 Å². The fraction of sp³-hybridized carbons (Fsp3) is 0.0769. The number of nitrogens with zero attached hydrogens (tertiary/aromatic N) is 1. The number of nitrogens with one attached hydrogen (secondary N) is 1. The molecule has 0 radical (unpaired) electrons. The third kappa shape index (κ3) is 5.82. The number of hydrogen-bond acceptors (Lipinski definition) is 6. The molecule has 0 aliphatic carbocycles. The predicted octanol–water partition coefficient (Wildman–Crippen LogP) is 5.22. The van der Waals surface area contributed by atoms with Gasteiger partial charge in [-0.05, 0) is 71.9 Å². The maximum absolute atomic E-state index is 13.3. The van der Waals surface area contributed by atoms with Gasteiger partial charge in [-0.25, -0.2) is 4.79 Å². The molecule has 0 atom stereocenters. The Kier molecular flexibility index (Phi) is 7.91. The van der Waals surface area contributed by atoms with Gasteiger partial charge in [-0.15, -0.1) is 0 Å². The number of thiocarbonyl (C=S) groups is 1. The van der Waals surface area contributed by atoms with Crippen molar-refractivity contribution in [2.75, 3.05) is 12.0 Å². The Hall–Kier alpha value is -3.73. The highest BCUT2D eigenvalue weighted by atomic mass is 79.9. The first-order valence-corrected chi connectivity index (χ1v) is 12.3. The lowest BCUT2D eigenvalue weighted by molar-refractivity contribution is -0.122. The van der Waals surface area contributed by atoms with Gasteiger partial charge in [0.05, 0.1) is 23.4 Å². The van der Waals surface area contributed by atoms with Crippen molar-refractivity contribution in [1.82, 2.24) is 5.32 Å². The summed E-state index contributed by atoms with van der Waals surface area (Å²) < 4.78 is 12.3. The van der Waals surface area contributed by atoms with Crippen LogP contribution < -0.4 is 19.7 Å². The van der Waals surface area contributed by atoms with Crippen molar-refractivity contribution in [3.63, 3.8) is 0 Å². The van der Waals surface area contributed by atoms with E-state index in [2.05, 4.69) is 21.2 Å². The first kappa shape index (κ1) is 26.3. The number of carboxylic acids is 1. The van der Waals surface area contributed by atoms with E-state index < -0.39 is 17.8 Å². The Morgan fingerprint density at radius 2 is 1.89 bits per heavy atom. The van der Waals surface area contributed by atoms with E-state index >= 15 is 0 Å². The van der Waals surface area contributed by atoms with E-state index in [9.17, 15) is 19.5 Å². The van der Waals surface area contributed by atoms with Crippen molar-refractivity contribution in [2.45, 2.75) is 6.61 Å². The van der Waals surface area contributed by atoms with E-state index in [4.69, 9.17) is 33.3 Å². The average molecular weight is 602 g/mol. The second kappa shape index (κ2) is 11.1. The van der Waals surface area contributed by atoms with Crippen LogP contribution in [0.2, 0.25) is 5.02 Å². The summed E-state index contributed by atoms with van der Waals surface area (Å²) in [5.74, 6) is -1.97. The van der Waals surface area contributed by atoms with Gasteiger partial charge in [0.2, 0.25) is 0 Å². The number of carbonyl (C=O) groups is 3. The minimum atomic E-state index is -1.17. The van der Waals surface area contributed by atoms with Crippen LogP contribution in [0.15, 0.2) is 70.7 Å². The number of rotatable bonds is 7. The average Bonchev–Trinajstić information content (AvgIpc) is 2.86. The Labute approximate surface area is 230 Å². The number of methoxy groups -OCH3 is 1. The third-order valence-electron chi connectivity index (χ3n) is 5.31. The Balaban J connectivity index is 1.64. The number of ether oxygens (including phenoxy) is 2. The van der Waals surface area contributed by atoms with Gasteiger partial charge in [0, 0.05) is 4.47 Å². The van der Waals surface area contributed by atoms with Crippen LogP contribution >= 0.6 is 39.7 Å². The molecule has 37 heavy (non-hydrogen) atoms. The van der Waals surface area contributed by atoms with Gasteiger partial charge in [0.1, 0.15) is 12.2 Å². The van der Waals surface area contributed by atoms with E-state index in [1.807, 2.05) is 24.3 Å². The summed E-state index contributed by atoms with van der Waals surface area (Å²) in [5.41, 5.74) is 1.26. The Morgan fingerprint density at radius 3 is 2.57 bits per heavy atom. The third-order valence-corrected chi connectivity index (χ3v) is 6.41. The zero-order valence-electron chi connectivity index (χ0n) is 19.2. The normalized spacial score (nSPS) is 14.5. The van der Waals surface area contributed by atoms with Crippen LogP contribution in [0.25, 0.3) is 6.08 Å². The molecular formula is C26H18BrClN2O6S. The van der Waals surface area contributed by atoms with Crippen LogP contribution in [0, 0.1) is 0 Å². The predicted molar refractivity (Wildman–Crippen MR) is 146 cm³/mol. The van der Waals surface area contributed by atoms with Crippen molar-refractivity contribution in [1.29, 1.82) is 0 Å². The Morgan fingerprint density at radius 1 is 1.16 bits per heavy atom. The summed E-state index contributed by atoms with van der Waals surface area (Å²) in [6.07, 6.45) is 1.35. The molecule has 2 amide bonds. The monoisotopic (exact) mass is 600 g/mol. The van der Waals surface area contributed by atoms with Crippen LogP contribution in [0.5, 0.6) is 11.5 Å². The van der Waals surface area contributed by atoms with Crippen molar-refractivity contribution >= 4 is 74.4 Å². The van der Waals surface area contributed by atoms with Crippen molar-refractivity contribution in [3.05, 3.63) is 92.4 Å². The number of halogens is 2. The quantitative estimate of drug-likeness (QED) is 0.217. The molecule has 1 aliphatic heterocycles. The van der Waals surface area contributed by atoms with Crippen molar-refractivity contribution in [3.8, 4) is 11.5 Å². The molecule has 1 aliphatic rings. The van der Waals surface area contributed by atoms with E-state index in [1.54, 1.807) is 6.07 Å². The highest BCUT2D eigenvalue weighted by Gasteiger charge is 2.35. The van der Waals surface area contributed by atoms with Gasteiger partial charge in [0.15, 0.2) is 16.6 Å². The van der Waals surface area contributed by atoms with Crippen molar-refractivity contribution in [2.24, 2.45) is 0 Å². The van der Waals surface area contributed by atoms with Gasteiger partial charge in [-0.2, -0.15) is 0 Å². The number of benzene rings is 3. The molecule has 1 heterocycles. The highest BCUT2D eigenvalue weighted by molar-refractivity contribution is 9.10. The minimum absolute atomic E-state index is 0.0363. The van der Waals surface area contributed by atoms with Crippen LogP contribution in [0.1, 0.15) is 21.5 Å². The summed E-state index contributed by atoms with van der Waals surface area (Å²) in [7, 11) is 1.45. The van der Waals surface area contributed by atoms with E-state index in [-0.39, 0.29) is 33.6 Å². The molecular weight excluding hydrogens is 584 g/mol. The lowest BCUT2D eigenvalue weighted by Gasteiger charge is -2.29. The first-order chi connectivity index (χ1) is 17.7. The van der Waals surface area contributed by atoms with E-state index in [0.717, 1.165) is 14.9 Å². The maximum Gasteiger partial charge on any atom is 0.335 e. The van der Waals surface area contributed by atoms with Crippen LogP contribution in [-0.2, 0) is 16.2 Å². The molecule has 2 N–H and O–H groups in total. The second-order valence-corrected chi connectivity index (χ2v) is 9.47. The standard InChI is InChI=1S/C26H18BrClN2O6S/c1-35-21-11-15(10-20(28)22(21)36-13-14-5-7-17(27)8-6-14)9-19-23(31)29-26(37)30(24(19)32)18-4-2-3-16(12-18)25(33)34/h2-12H,13H2,1H3,(H,33,34)(H,29,31,37). The fourth-order valence-corrected chi connectivity index (χ4v) is 4.35. The number of hydrogen-bond donors (Lipinski definition) is 2. The number of carboxylic acid groups (broad SMARTS) is 1. The molecule has 0 unspecified atom stereocenters. The molecule has 3 aromatic rings. The zero-order valence-corrected chi connectivity index (χ0v) is 22.3. The van der Waals surface area contributed by atoms with E-state index in [0.29, 0.717) is 17.1 Å². The van der Waals surface area contributed by atoms with E-state index in [1.165, 1.54) is 43.5 Å². The van der Waals surface area contributed by atoms with Gasteiger partial charge in [-0.3, -0.25) is 19.8 Å². The molecule has 3 aromatic carbocycles. The highest BCUT2D eigenvalue weighted by Crippen LogP contribution is 2.38. The smallest absolute Gasteiger partial charge is 0.335 e. The fourth-order valence-electron chi connectivity index (χ4n) is 3.54. The molecule has 11 heteroatoms. The van der Waals surface area contributed by atoms with Gasteiger partial charge in [-0.1, -0.05) is 45.7 Å². The molecule has 188 valence electrons. The molecule has 0 spiro atoms. The number of anilines is 1. The summed E-state index contributed by atoms with van der Waals surface area (Å²) in [6, 6.07) is 16.4. The van der Waals surface area contributed by atoms with Crippen LogP contribution in [0.3, 0.4) is 0 Å². The zero-order chi connectivity index (χ0) is 26.7. The second-order valence-electron chi connectivity index (χ2n) is 7.76. The molecule has 1 fully saturated rings. The topological polar surface area (TPSA) is 105 Å². The summed E-state index contributed by atoms with van der Waals surface area (Å²) in [5, 5.41) is 11.8. The molecule has 1 saturated heterocycles. The van der Waals surface area contributed by atoms with Crippen molar-refractivity contribution < 1.29 is 29.0 Å². The summed E-state index contributed by atoms with van der Waals surface area (Å²) in [4.78, 5) is 38.4. The molecule has 0 saturated carbocycles. The van der Waals surface area contributed by atoms with Crippen LogP contribution in [0.4, 0.5) is 5.69 Å². The first-order valence-electron chi connectivity index (χ1n) is 10.7. The number of amides is 2. The number of aromatic carboxylic acids is 1. The maximum atomic E-state index is 13.3. The minimum Gasteiger partial charge on any atom is -0.493 e. The molecule has 4 rings (SSSR count).